The summed E-state index contributed by atoms with van der Waals surface area (Å²) in [6, 6.07) is 6.72. The normalized spacial score (nSPS) is 22.9. The Kier molecular flexibility index (Phi) is 9.92. The second-order valence-electron chi connectivity index (χ2n) is 8.92. The number of methoxy groups -OCH3 is 1. The van der Waals surface area contributed by atoms with E-state index >= 15 is 0 Å². The molecule has 3 rings (SSSR count). The lowest BCUT2D eigenvalue weighted by Crippen LogP contribution is -2.56. The van der Waals surface area contributed by atoms with Crippen LogP contribution < -0.4 is 10.1 Å². The zero-order valence-corrected chi connectivity index (χ0v) is 20.2. The summed E-state index contributed by atoms with van der Waals surface area (Å²) >= 11 is 0. The standard InChI is InChI=1S/C26H38N2O6/c1-3-4-5-6-7-12-22(30)28(14-16-33-2)20-17-19(26(32)27-13-15-29)23-18-10-8-9-11-21(18)34-25(23)24(20)31/h8-11,17,20,23-25,29,31H,3-7,12-16H2,1-2H3,(H,27,32)/t20-,23+,24+,25+/m1/s1. The molecule has 2 aliphatic rings. The number of amides is 2. The molecule has 0 saturated heterocycles. The van der Waals surface area contributed by atoms with Gasteiger partial charge in [0.05, 0.1) is 25.2 Å². The number of rotatable bonds is 13. The van der Waals surface area contributed by atoms with Gasteiger partial charge in [-0.15, -0.1) is 0 Å². The Morgan fingerprint density at radius 1 is 1.18 bits per heavy atom. The van der Waals surface area contributed by atoms with E-state index in [2.05, 4.69) is 12.2 Å². The zero-order valence-electron chi connectivity index (χ0n) is 20.2. The molecule has 1 aromatic carbocycles. The lowest BCUT2D eigenvalue weighted by molar-refractivity contribution is -0.138. The van der Waals surface area contributed by atoms with Crippen LogP contribution in [-0.2, 0) is 14.3 Å². The molecule has 1 aromatic rings. The van der Waals surface area contributed by atoms with E-state index in [4.69, 9.17) is 9.47 Å². The summed E-state index contributed by atoms with van der Waals surface area (Å²) in [5.74, 6) is -0.226. The van der Waals surface area contributed by atoms with Gasteiger partial charge < -0.3 is 29.9 Å². The molecule has 0 spiro atoms. The highest BCUT2D eigenvalue weighted by atomic mass is 16.5. The van der Waals surface area contributed by atoms with Gasteiger partial charge in [0.25, 0.3) is 0 Å². The highest BCUT2D eigenvalue weighted by Crippen LogP contribution is 2.47. The topological polar surface area (TPSA) is 108 Å². The fourth-order valence-corrected chi connectivity index (χ4v) is 4.84. The third-order valence-corrected chi connectivity index (χ3v) is 6.59. The van der Waals surface area contributed by atoms with E-state index in [1.54, 1.807) is 18.1 Å². The van der Waals surface area contributed by atoms with Crippen LogP contribution in [0.25, 0.3) is 0 Å². The molecule has 1 aliphatic carbocycles. The van der Waals surface area contributed by atoms with Crippen LogP contribution in [0, 0.1) is 0 Å². The number of hydrogen-bond donors (Lipinski definition) is 3. The quantitative estimate of drug-likeness (QED) is 0.378. The number of carbonyl (C=O) groups is 2. The second kappa shape index (κ2) is 12.9. The first-order valence-electron chi connectivity index (χ1n) is 12.4. The SMILES string of the molecule is CCCCCCCC(=O)N(CCOC)[C@@H]1C=C(C(=O)NCCO)[C@@H]2c3ccccc3O[C@@H]2[C@H]1O. The van der Waals surface area contributed by atoms with E-state index in [9.17, 15) is 19.8 Å². The maximum Gasteiger partial charge on any atom is 0.247 e. The second-order valence-corrected chi connectivity index (χ2v) is 8.92. The number of aliphatic hydroxyl groups is 2. The molecular weight excluding hydrogens is 436 g/mol. The molecule has 3 N–H and O–H groups in total. The van der Waals surface area contributed by atoms with Crippen molar-refractivity contribution in [3.05, 3.63) is 41.5 Å². The molecule has 188 valence electrons. The van der Waals surface area contributed by atoms with E-state index in [1.807, 2.05) is 24.3 Å². The zero-order chi connectivity index (χ0) is 24.5. The van der Waals surface area contributed by atoms with Gasteiger partial charge in [-0.25, -0.2) is 0 Å². The van der Waals surface area contributed by atoms with E-state index in [1.165, 1.54) is 0 Å². The van der Waals surface area contributed by atoms with E-state index in [0.717, 1.165) is 37.7 Å². The number of fused-ring (bicyclic) bond motifs is 3. The number of para-hydroxylation sites is 1. The number of ether oxygens (including phenoxy) is 2. The van der Waals surface area contributed by atoms with Gasteiger partial charge in [0.15, 0.2) is 0 Å². The molecule has 4 atom stereocenters. The molecule has 0 fully saturated rings. The first-order chi connectivity index (χ1) is 16.5. The van der Waals surface area contributed by atoms with E-state index in [0.29, 0.717) is 30.9 Å². The van der Waals surface area contributed by atoms with E-state index in [-0.39, 0.29) is 25.0 Å². The van der Waals surface area contributed by atoms with Crippen molar-refractivity contribution < 1.29 is 29.3 Å². The molecule has 0 saturated carbocycles. The van der Waals surface area contributed by atoms with Gasteiger partial charge in [-0.05, 0) is 18.6 Å². The highest BCUT2D eigenvalue weighted by Gasteiger charge is 2.50. The summed E-state index contributed by atoms with van der Waals surface area (Å²) in [5.41, 5.74) is 1.28. The molecule has 1 aliphatic heterocycles. The highest BCUT2D eigenvalue weighted by molar-refractivity contribution is 5.96. The summed E-state index contributed by atoms with van der Waals surface area (Å²) in [6.07, 6.45) is 5.54. The van der Waals surface area contributed by atoms with Crippen molar-refractivity contribution in [3.63, 3.8) is 0 Å². The van der Waals surface area contributed by atoms with Gasteiger partial charge in [-0.3, -0.25) is 9.59 Å². The minimum Gasteiger partial charge on any atom is -0.486 e. The third-order valence-electron chi connectivity index (χ3n) is 6.59. The minimum atomic E-state index is -1.01. The largest absolute Gasteiger partial charge is 0.486 e. The van der Waals surface area contributed by atoms with Crippen LogP contribution in [0.3, 0.4) is 0 Å². The van der Waals surface area contributed by atoms with Crippen molar-refractivity contribution in [1.82, 2.24) is 10.2 Å². The summed E-state index contributed by atoms with van der Waals surface area (Å²) < 4.78 is 11.3. The molecular formula is C26H38N2O6. The molecule has 0 radical (unpaired) electrons. The first-order valence-corrected chi connectivity index (χ1v) is 12.4. The van der Waals surface area contributed by atoms with Gasteiger partial charge >= 0.3 is 0 Å². The van der Waals surface area contributed by atoms with Crippen LogP contribution in [0.1, 0.15) is 56.9 Å². The maximum atomic E-state index is 13.2. The van der Waals surface area contributed by atoms with Crippen LogP contribution in [0.5, 0.6) is 5.75 Å². The summed E-state index contributed by atoms with van der Waals surface area (Å²) in [4.78, 5) is 27.9. The van der Waals surface area contributed by atoms with Crippen molar-refractivity contribution >= 4 is 11.8 Å². The fraction of sp³-hybridized carbons (Fsp3) is 0.615. The third kappa shape index (κ3) is 5.98. The number of carbonyl (C=O) groups excluding carboxylic acids is 2. The molecule has 0 aromatic heterocycles. The number of nitrogens with zero attached hydrogens (tertiary/aromatic N) is 1. The van der Waals surface area contributed by atoms with Gasteiger partial charge in [0.1, 0.15) is 18.0 Å². The Balaban J connectivity index is 1.88. The van der Waals surface area contributed by atoms with E-state index < -0.39 is 24.2 Å². The van der Waals surface area contributed by atoms with Crippen LogP contribution in [-0.4, -0.2) is 78.6 Å². The molecule has 0 bridgehead atoms. The van der Waals surface area contributed by atoms with Gasteiger partial charge in [0.2, 0.25) is 11.8 Å². The van der Waals surface area contributed by atoms with Crippen LogP contribution in [0.2, 0.25) is 0 Å². The number of hydrogen-bond acceptors (Lipinski definition) is 6. The Hall–Kier alpha value is -2.42. The van der Waals surface area contributed by atoms with Gasteiger partial charge in [-0.2, -0.15) is 0 Å². The van der Waals surface area contributed by atoms with Gasteiger partial charge in [-0.1, -0.05) is 50.8 Å². The maximum absolute atomic E-state index is 13.2. The van der Waals surface area contributed by atoms with Crippen LogP contribution in [0.15, 0.2) is 35.9 Å². The Morgan fingerprint density at radius 2 is 1.94 bits per heavy atom. The lowest BCUT2D eigenvalue weighted by atomic mass is 9.77. The first kappa shape index (κ1) is 26.2. The molecule has 0 unspecified atom stereocenters. The minimum absolute atomic E-state index is 0.0714. The molecule has 34 heavy (non-hydrogen) atoms. The summed E-state index contributed by atoms with van der Waals surface area (Å²) in [6.45, 7) is 2.72. The molecule has 1 heterocycles. The van der Waals surface area contributed by atoms with Crippen LogP contribution >= 0.6 is 0 Å². The number of benzene rings is 1. The van der Waals surface area contributed by atoms with Crippen molar-refractivity contribution in [2.75, 3.05) is 33.4 Å². The predicted octanol–water partition coefficient (Wildman–Crippen LogP) is 2.14. The average molecular weight is 475 g/mol. The average Bonchev–Trinajstić information content (AvgIpc) is 3.24. The molecule has 8 heteroatoms. The molecule has 8 nitrogen and oxygen atoms in total. The Labute approximate surface area is 201 Å². The monoisotopic (exact) mass is 474 g/mol. The Bertz CT molecular complexity index is 857. The summed E-state index contributed by atoms with van der Waals surface area (Å²) in [7, 11) is 1.57. The number of aliphatic hydroxyl groups excluding tert-OH is 2. The number of unbranched alkanes of at least 4 members (excludes halogenated alkanes) is 4. The van der Waals surface area contributed by atoms with Crippen molar-refractivity contribution in [2.24, 2.45) is 0 Å². The number of nitrogens with one attached hydrogen (secondary N) is 1. The lowest BCUT2D eigenvalue weighted by Gasteiger charge is -2.40. The van der Waals surface area contributed by atoms with Gasteiger partial charge in [0, 0.05) is 37.8 Å². The fourth-order valence-electron chi connectivity index (χ4n) is 4.84. The van der Waals surface area contributed by atoms with Crippen molar-refractivity contribution in [3.8, 4) is 5.75 Å². The van der Waals surface area contributed by atoms with Crippen molar-refractivity contribution in [1.29, 1.82) is 0 Å². The van der Waals surface area contributed by atoms with Crippen molar-refractivity contribution in [2.45, 2.75) is 69.6 Å². The predicted molar refractivity (Wildman–Crippen MR) is 129 cm³/mol. The molecule has 2 amide bonds. The smallest absolute Gasteiger partial charge is 0.247 e. The van der Waals surface area contributed by atoms with Crippen LogP contribution in [0.4, 0.5) is 0 Å². The Morgan fingerprint density at radius 3 is 2.68 bits per heavy atom. The summed E-state index contributed by atoms with van der Waals surface area (Å²) in [5, 5.41) is 23.3.